The van der Waals surface area contributed by atoms with Crippen LogP contribution in [0.25, 0.3) is 0 Å². The first kappa shape index (κ1) is 7.14. The van der Waals surface area contributed by atoms with Gasteiger partial charge in [0.2, 0.25) is 5.91 Å². The van der Waals surface area contributed by atoms with Gasteiger partial charge in [0.05, 0.1) is 0 Å². The van der Waals surface area contributed by atoms with Crippen LogP contribution in [0.5, 0.6) is 0 Å². The third kappa shape index (κ3) is 1.05. The summed E-state index contributed by atoms with van der Waals surface area (Å²) < 4.78 is 0. The summed E-state index contributed by atoms with van der Waals surface area (Å²) >= 11 is 0. The zero-order valence-electron chi connectivity index (χ0n) is 7.05. The molecular weight excluding hydrogens is 138 g/mol. The van der Waals surface area contributed by atoms with Gasteiger partial charge in [-0.05, 0) is 25.2 Å². The number of nitrogens with zero attached hydrogens (tertiary/aromatic N) is 1. The molecule has 62 valence electrons. The van der Waals surface area contributed by atoms with Gasteiger partial charge < -0.3 is 4.90 Å². The lowest BCUT2D eigenvalue weighted by Gasteiger charge is -2.34. The second-order valence-electron chi connectivity index (χ2n) is 3.81. The van der Waals surface area contributed by atoms with Crippen molar-refractivity contribution in [3.8, 4) is 0 Å². The Morgan fingerprint density at radius 3 is 3.00 bits per heavy atom. The molecule has 2 rings (SSSR count). The summed E-state index contributed by atoms with van der Waals surface area (Å²) in [6, 6.07) is 0.594. The molecule has 2 saturated heterocycles. The quantitative estimate of drug-likeness (QED) is 0.515. The van der Waals surface area contributed by atoms with Crippen LogP contribution in [0.1, 0.15) is 32.6 Å². The zero-order valence-corrected chi connectivity index (χ0v) is 7.05. The molecule has 0 aromatic heterocycles. The van der Waals surface area contributed by atoms with Gasteiger partial charge in [0.15, 0.2) is 0 Å². The Morgan fingerprint density at radius 2 is 2.27 bits per heavy atom. The van der Waals surface area contributed by atoms with E-state index in [1.54, 1.807) is 0 Å². The molecule has 2 atom stereocenters. The molecule has 0 N–H and O–H groups in total. The molecule has 0 saturated carbocycles. The largest absolute Gasteiger partial charge is 0.339 e. The van der Waals surface area contributed by atoms with E-state index in [1.165, 1.54) is 12.8 Å². The maximum absolute atomic E-state index is 11.3. The third-order valence-electron chi connectivity index (χ3n) is 3.09. The van der Waals surface area contributed by atoms with E-state index in [2.05, 4.69) is 11.8 Å². The Labute approximate surface area is 67.6 Å². The van der Waals surface area contributed by atoms with Crippen LogP contribution in [0.3, 0.4) is 0 Å². The molecule has 2 nitrogen and oxygen atoms in total. The van der Waals surface area contributed by atoms with Gasteiger partial charge in [0.25, 0.3) is 0 Å². The van der Waals surface area contributed by atoms with Crippen LogP contribution in [0.4, 0.5) is 0 Å². The maximum Gasteiger partial charge on any atom is 0.222 e. The molecule has 1 amide bonds. The van der Waals surface area contributed by atoms with Gasteiger partial charge in [-0.3, -0.25) is 4.79 Å². The monoisotopic (exact) mass is 153 g/mol. The highest BCUT2D eigenvalue weighted by molar-refractivity contribution is 5.78. The van der Waals surface area contributed by atoms with Crippen LogP contribution < -0.4 is 0 Å². The molecule has 11 heavy (non-hydrogen) atoms. The number of hydrogen-bond acceptors (Lipinski definition) is 1. The van der Waals surface area contributed by atoms with E-state index in [1.807, 2.05) is 0 Å². The lowest BCUT2D eigenvalue weighted by Crippen LogP contribution is -2.41. The SMILES string of the molecule is CC1CCCN2C(=O)CCC12. The predicted octanol–water partition coefficient (Wildman–Crippen LogP) is 1.41. The Hall–Kier alpha value is -0.530. The summed E-state index contributed by atoms with van der Waals surface area (Å²) in [5.74, 6) is 1.14. The number of piperidine rings is 1. The van der Waals surface area contributed by atoms with Crippen LogP contribution in [0, 0.1) is 5.92 Å². The van der Waals surface area contributed by atoms with E-state index < -0.39 is 0 Å². The van der Waals surface area contributed by atoms with Crippen LogP contribution in [0.15, 0.2) is 0 Å². The van der Waals surface area contributed by atoms with E-state index in [4.69, 9.17) is 0 Å². The van der Waals surface area contributed by atoms with Gasteiger partial charge in [0.1, 0.15) is 0 Å². The van der Waals surface area contributed by atoms with Crippen LogP contribution >= 0.6 is 0 Å². The normalized spacial score (nSPS) is 37.5. The lowest BCUT2D eigenvalue weighted by atomic mass is 9.91. The summed E-state index contributed by atoms with van der Waals surface area (Å²) in [6.45, 7) is 3.29. The highest BCUT2D eigenvalue weighted by Crippen LogP contribution is 2.31. The highest BCUT2D eigenvalue weighted by atomic mass is 16.2. The number of hydrogen-bond donors (Lipinski definition) is 0. The van der Waals surface area contributed by atoms with Crippen LogP contribution in [0.2, 0.25) is 0 Å². The Balaban J connectivity index is 2.12. The molecule has 2 fully saturated rings. The topological polar surface area (TPSA) is 20.3 Å². The van der Waals surface area contributed by atoms with Gasteiger partial charge in [-0.2, -0.15) is 0 Å². The Kier molecular flexibility index (Phi) is 1.63. The Morgan fingerprint density at radius 1 is 1.45 bits per heavy atom. The number of fused-ring (bicyclic) bond motifs is 1. The first-order chi connectivity index (χ1) is 5.29. The van der Waals surface area contributed by atoms with Gasteiger partial charge in [-0.1, -0.05) is 6.92 Å². The second-order valence-corrected chi connectivity index (χ2v) is 3.81. The molecule has 0 aromatic rings. The third-order valence-corrected chi connectivity index (χ3v) is 3.09. The minimum Gasteiger partial charge on any atom is -0.339 e. The van der Waals surface area contributed by atoms with Crippen molar-refractivity contribution in [3.63, 3.8) is 0 Å². The van der Waals surface area contributed by atoms with Crippen molar-refractivity contribution < 1.29 is 4.79 Å². The molecule has 2 aliphatic rings. The maximum atomic E-state index is 11.3. The highest BCUT2D eigenvalue weighted by Gasteiger charge is 2.36. The average Bonchev–Trinajstić information content (AvgIpc) is 2.35. The molecule has 2 heteroatoms. The predicted molar refractivity (Wildman–Crippen MR) is 43.1 cm³/mol. The van der Waals surface area contributed by atoms with Crippen molar-refractivity contribution in [2.45, 2.75) is 38.6 Å². The number of carbonyl (C=O) groups excluding carboxylic acids is 1. The first-order valence-corrected chi connectivity index (χ1v) is 4.58. The fraction of sp³-hybridized carbons (Fsp3) is 0.889. The molecule has 2 heterocycles. The first-order valence-electron chi connectivity index (χ1n) is 4.58. The van der Waals surface area contributed by atoms with Crippen molar-refractivity contribution >= 4 is 5.91 Å². The molecule has 2 unspecified atom stereocenters. The van der Waals surface area contributed by atoms with Crippen LogP contribution in [-0.2, 0) is 4.79 Å². The molecule has 0 radical (unpaired) electrons. The minimum atomic E-state index is 0.390. The van der Waals surface area contributed by atoms with E-state index >= 15 is 0 Å². The van der Waals surface area contributed by atoms with Gasteiger partial charge >= 0.3 is 0 Å². The standard InChI is InChI=1S/C9H15NO/c1-7-3-2-6-10-8(7)4-5-9(10)11/h7-8H,2-6H2,1H3. The average molecular weight is 153 g/mol. The van der Waals surface area contributed by atoms with Crippen molar-refractivity contribution in [2.75, 3.05) is 6.54 Å². The van der Waals surface area contributed by atoms with E-state index in [0.29, 0.717) is 11.9 Å². The smallest absolute Gasteiger partial charge is 0.222 e. The van der Waals surface area contributed by atoms with Gasteiger partial charge in [-0.25, -0.2) is 0 Å². The number of carbonyl (C=O) groups is 1. The molecule has 0 bridgehead atoms. The van der Waals surface area contributed by atoms with Crippen molar-refractivity contribution in [3.05, 3.63) is 0 Å². The summed E-state index contributed by atoms with van der Waals surface area (Å²) in [6.07, 6.45) is 4.44. The summed E-state index contributed by atoms with van der Waals surface area (Å²) in [4.78, 5) is 13.4. The summed E-state index contributed by atoms with van der Waals surface area (Å²) in [7, 11) is 0. The minimum absolute atomic E-state index is 0.390. The lowest BCUT2D eigenvalue weighted by molar-refractivity contribution is -0.130. The van der Waals surface area contributed by atoms with E-state index in [-0.39, 0.29) is 0 Å². The fourth-order valence-corrected chi connectivity index (χ4v) is 2.41. The van der Waals surface area contributed by atoms with Crippen molar-refractivity contribution in [1.29, 1.82) is 0 Å². The van der Waals surface area contributed by atoms with Crippen molar-refractivity contribution in [1.82, 2.24) is 4.90 Å². The zero-order chi connectivity index (χ0) is 7.84. The molecule has 0 aliphatic carbocycles. The number of amides is 1. The van der Waals surface area contributed by atoms with Crippen LogP contribution in [-0.4, -0.2) is 23.4 Å². The summed E-state index contributed by atoms with van der Waals surface area (Å²) in [5.41, 5.74) is 0. The fourth-order valence-electron chi connectivity index (χ4n) is 2.41. The van der Waals surface area contributed by atoms with Gasteiger partial charge in [-0.15, -0.1) is 0 Å². The molecule has 0 aromatic carbocycles. The molecule has 0 spiro atoms. The second kappa shape index (κ2) is 2.50. The molecular formula is C9H15NO. The van der Waals surface area contributed by atoms with E-state index in [9.17, 15) is 4.79 Å². The van der Waals surface area contributed by atoms with E-state index in [0.717, 1.165) is 25.3 Å². The summed E-state index contributed by atoms with van der Waals surface area (Å²) in [5, 5.41) is 0. The van der Waals surface area contributed by atoms with Gasteiger partial charge in [0, 0.05) is 19.0 Å². The number of rotatable bonds is 0. The van der Waals surface area contributed by atoms with Crippen molar-refractivity contribution in [2.24, 2.45) is 5.92 Å². The molecule has 2 aliphatic heterocycles. The Bertz CT molecular complexity index is 178.